The molecular weight excluding hydrogens is 415 g/mol. The maximum atomic E-state index is 6.03. The molecule has 122 valence electrons. The van der Waals surface area contributed by atoms with Gasteiger partial charge in [-0.15, -0.1) is 0 Å². The first kappa shape index (κ1) is 18.5. The predicted molar refractivity (Wildman–Crippen MR) is 93.5 cm³/mol. The van der Waals surface area contributed by atoms with Gasteiger partial charge in [0.2, 0.25) is 0 Å². The van der Waals surface area contributed by atoms with E-state index in [0.717, 1.165) is 5.56 Å². The van der Waals surface area contributed by atoms with Crippen LogP contribution < -0.4 is 4.74 Å². The number of halogens is 6. The molecule has 22 heavy (non-hydrogen) atoms. The molecule has 0 fully saturated rings. The maximum absolute atomic E-state index is 6.03. The minimum absolute atomic E-state index is 0.0951. The van der Waals surface area contributed by atoms with Gasteiger partial charge in [-0.05, 0) is 24.3 Å². The van der Waals surface area contributed by atoms with Crippen molar-refractivity contribution in [2.75, 3.05) is 20.4 Å². The van der Waals surface area contributed by atoms with Crippen molar-refractivity contribution in [3.63, 3.8) is 0 Å². The highest BCUT2D eigenvalue weighted by molar-refractivity contribution is 6.68. The Morgan fingerprint density at radius 3 is 2.05 bits per heavy atom. The van der Waals surface area contributed by atoms with Crippen molar-refractivity contribution in [3.8, 4) is 5.75 Å². The molecule has 0 spiro atoms. The molecule has 0 amide bonds. The number of ether oxygens (including phenoxy) is 1. The number of rotatable bonds is 2. The Balaban J connectivity index is 2.36. The van der Waals surface area contributed by atoms with Crippen LogP contribution in [0.2, 0.25) is 0 Å². The molecule has 0 aromatic heterocycles. The zero-order valence-electron chi connectivity index (χ0n) is 11.2. The second-order valence-corrected chi connectivity index (χ2v) is 8.84. The lowest BCUT2D eigenvalue weighted by Crippen LogP contribution is -2.54. The van der Waals surface area contributed by atoms with Gasteiger partial charge < -0.3 is 4.74 Å². The molecule has 1 aromatic rings. The topological polar surface area (TPSA) is 28.1 Å². The van der Waals surface area contributed by atoms with Crippen LogP contribution in [0.4, 0.5) is 0 Å². The van der Waals surface area contributed by atoms with Gasteiger partial charge >= 0.3 is 0 Å². The van der Waals surface area contributed by atoms with Gasteiger partial charge in [0.25, 0.3) is 7.83 Å². The third kappa shape index (κ3) is 4.38. The molecule has 2 rings (SSSR count). The van der Waals surface area contributed by atoms with E-state index in [-0.39, 0.29) is 13.3 Å². The van der Waals surface area contributed by atoms with Gasteiger partial charge in [0.05, 0.1) is 20.4 Å². The van der Waals surface area contributed by atoms with Gasteiger partial charge in [-0.1, -0.05) is 69.6 Å². The molecule has 10 heteroatoms. The number of alkyl halides is 6. The fraction of sp³-hybridized carbons (Fsp3) is 0.417. The Morgan fingerprint density at radius 1 is 1.00 bits per heavy atom. The number of amidine groups is 1. The summed E-state index contributed by atoms with van der Waals surface area (Å²) in [5.41, 5.74) is 0.760. The second-order valence-electron chi connectivity index (χ2n) is 4.40. The summed E-state index contributed by atoms with van der Waals surface area (Å²) >= 11 is 35.7. The largest absolute Gasteiger partial charge is 0.497 e. The van der Waals surface area contributed by atoms with Crippen LogP contribution in [0.3, 0.4) is 0 Å². The van der Waals surface area contributed by atoms with Crippen molar-refractivity contribution in [2.45, 2.75) is 7.83 Å². The number of aliphatic imine (C=N–C) groups is 1. The monoisotopic (exact) mass is 423 g/mol. The second kappa shape index (κ2) is 6.98. The minimum atomic E-state index is -1.74. The Hall–Kier alpha value is 0.190. The van der Waals surface area contributed by atoms with Crippen LogP contribution in [0.5, 0.6) is 5.75 Å². The quantitative estimate of drug-likeness (QED) is 0.510. The third-order valence-electron chi connectivity index (χ3n) is 2.97. The normalized spacial score (nSPS) is 17.4. The van der Waals surface area contributed by atoms with Crippen molar-refractivity contribution >= 4 is 75.4 Å². The van der Waals surface area contributed by atoms with Crippen LogP contribution in [0.25, 0.3) is 0 Å². The SMILES string of the molecule is COc1ccc(C2=NCN(C(Cl)(Cl)Cl)CN2C(Cl)(Cl)Cl)cc1. The summed E-state index contributed by atoms with van der Waals surface area (Å²) in [6, 6.07) is 7.20. The van der Waals surface area contributed by atoms with E-state index in [4.69, 9.17) is 74.3 Å². The zero-order chi connectivity index (χ0) is 16.5. The molecular formula is C12H11Cl6N3O. The summed E-state index contributed by atoms with van der Waals surface area (Å²) in [6.07, 6.45) is 0. The van der Waals surface area contributed by atoms with Gasteiger partial charge in [0.15, 0.2) is 0 Å². The van der Waals surface area contributed by atoms with E-state index in [1.807, 2.05) is 12.1 Å². The van der Waals surface area contributed by atoms with E-state index < -0.39 is 7.83 Å². The predicted octanol–water partition coefficient (Wildman–Crippen LogP) is 4.63. The molecule has 1 aliphatic rings. The molecule has 1 heterocycles. The minimum Gasteiger partial charge on any atom is -0.497 e. The molecule has 0 atom stereocenters. The molecule has 0 saturated carbocycles. The highest BCUT2D eigenvalue weighted by Gasteiger charge is 2.41. The molecule has 0 bridgehead atoms. The summed E-state index contributed by atoms with van der Waals surface area (Å²) in [7, 11) is 1.58. The molecule has 1 aromatic carbocycles. The summed E-state index contributed by atoms with van der Waals surface area (Å²) in [5, 5.41) is 0. The fourth-order valence-electron chi connectivity index (χ4n) is 1.87. The van der Waals surface area contributed by atoms with Crippen LogP contribution in [0, 0.1) is 0 Å². The van der Waals surface area contributed by atoms with E-state index in [1.165, 1.54) is 9.80 Å². The molecule has 0 radical (unpaired) electrons. The Kier molecular flexibility index (Phi) is 5.87. The Morgan fingerprint density at radius 2 is 1.59 bits per heavy atom. The first-order valence-electron chi connectivity index (χ1n) is 5.98. The maximum Gasteiger partial charge on any atom is 0.270 e. The van der Waals surface area contributed by atoms with Crippen LogP contribution in [-0.4, -0.2) is 43.9 Å². The number of hydrogen-bond acceptors (Lipinski definition) is 4. The highest BCUT2D eigenvalue weighted by Crippen LogP contribution is 2.38. The lowest BCUT2D eigenvalue weighted by molar-refractivity contribution is 0.170. The summed E-state index contributed by atoms with van der Waals surface area (Å²) < 4.78 is 1.73. The first-order chi connectivity index (χ1) is 10.1. The standard InChI is InChI=1S/C12H11Cl6N3O/c1-22-9-4-2-8(3-5-9)10-19-6-20(11(13,14)15)7-21(10)12(16,17)18/h2-5H,6-7H2,1H3. The van der Waals surface area contributed by atoms with E-state index in [1.54, 1.807) is 19.2 Å². The molecule has 0 aliphatic carbocycles. The summed E-state index contributed by atoms with van der Waals surface area (Å²) in [6.45, 7) is 0.257. The van der Waals surface area contributed by atoms with Gasteiger partial charge in [0.1, 0.15) is 11.6 Å². The van der Waals surface area contributed by atoms with Crippen LogP contribution in [0.15, 0.2) is 29.3 Å². The Labute approximate surface area is 158 Å². The molecule has 0 N–H and O–H groups in total. The van der Waals surface area contributed by atoms with Crippen molar-refractivity contribution in [1.29, 1.82) is 0 Å². The lowest BCUT2D eigenvalue weighted by Gasteiger charge is -2.42. The molecule has 4 nitrogen and oxygen atoms in total. The van der Waals surface area contributed by atoms with Gasteiger partial charge in [0, 0.05) is 5.56 Å². The van der Waals surface area contributed by atoms with Gasteiger partial charge in [-0.25, -0.2) is 4.90 Å². The van der Waals surface area contributed by atoms with E-state index >= 15 is 0 Å². The fourth-order valence-corrected chi connectivity index (χ4v) is 2.59. The summed E-state index contributed by atoms with van der Waals surface area (Å²) in [5.74, 6) is 1.21. The number of nitrogens with zero attached hydrogens (tertiary/aromatic N) is 3. The van der Waals surface area contributed by atoms with E-state index in [0.29, 0.717) is 11.6 Å². The van der Waals surface area contributed by atoms with E-state index in [2.05, 4.69) is 4.99 Å². The van der Waals surface area contributed by atoms with Gasteiger partial charge in [-0.2, -0.15) is 0 Å². The average molecular weight is 426 g/mol. The number of benzene rings is 1. The first-order valence-corrected chi connectivity index (χ1v) is 8.24. The lowest BCUT2D eigenvalue weighted by atomic mass is 10.2. The van der Waals surface area contributed by atoms with Crippen molar-refractivity contribution in [2.24, 2.45) is 4.99 Å². The smallest absolute Gasteiger partial charge is 0.270 e. The van der Waals surface area contributed by atoms with Crippen molar-refractivity contribution < 1.29 is 4.74 Å². The van der Waals surface area contributed by atoms with Crippen LogP contribution in [-0.2, 0) is 0 Å². The number of hydrogen-bond donors (Lipinski definition) is 0. The van der Waals surface area contributed by atoms with E-state index in [9.17, 15) is 0 Å². The van der Waals surface area contributed by atoms with Crippen LogP contribution in [0.1, 0.15) is 5.56 Å². The zero-order valence-corrected chi connectivity index (χ0v) is 15.8. The van der Waals surface area contributed by atoms with Crippen molar-refractivity contribution in [1.82, 2.24) is 9.80 Å². The summed E-state index contributed by atoms with van der Waals surface area (Å²) in [4.78, 5) is 7.23. The van der Waals surface area contributed by atoms with Crippen LogP contribution >= 0.6 is 69.6 Å². The Bertz CT molecular complexity index is 551. The molecule has 0 unspecified atom stereocenters. The van der Waals surface area contributed by atoms with Crippen molar-refractivity contribution in [3.05, 3.63) is 29.8 Å². The molecule has 1 aliphatic heterocycles. The van der Waals surface area contributed by atoms with Gasteiger partial charge in [-0.3, -0.25) is 9.89 Å². The highest BCUT2D eigenvalue weighted by atomic mass is 35.6. The molecule has 0 saturated heterocycles. The number of methoxy groups -OCH3 is 1. The third-order valence-corrected chi connectivity index (χ3v) is 4.30. The average Bonchev–Trinajstić information content (AvgIpc) is 2.45.